The summed E-state index contributed by atoms with van der Waals surface area (Å²) in [6.45, 7) is 3.72. The maximum Gasteiger partial charge on any atom is 0.0556 e. The van der Waals surface area contributed by atoms with Crippen molar-refractivity contribution in [3.05, 3.63) is 33.8 Å². The fraction of sp³-hybridized carbons (Fsp3) is 0.400. The summed E-state index contributed by atoms with van der Waals surface area (Å²) >= 11 is 3.45. The normalized spacial score (nSPS) is 10.4. The van der Waals surface area contributed by atoms with E-state index in [0.717, 1.165) is 11.0 Å². The van der Waals surface area contributed by atoms with Gasteiger partial charge in [-0.25, -0.2) is 0 Å². The molecule has 0 saturated heterocycles. The monoisotopic (exact) mass is 243 g/mol. The van der Waals surface area contributed by atoms with Crippen molar-refractivity contribution in [3.8, 4) is 0 Å². The number of rotatable bonds is 4. The summed E-state index contributed by atoms with van der Waals surface area (Å²) in [5.41, 5.74) is 2.48. The third kappa shape index (κ3) is 3.46. The average molecular weight is 244 g/mol. The molecule has 13 heavy (non-hydrogen) atoms. The van der Waals surface area contributed by atoms with Crippen molar-refractivity contribution in [1.29, 1.82) is 0 Å². The Labute approximate surface area is 87.1 Å². The molecule has 3 heteroatoms. The molecule has 0 radical (unpaired) electrons. The van der Waals surface area contributed by atoms with Crippen molar-refractivity contribution < 1.29 is 5.11 Å². The van der Waals surface area contributed by atoms with Crippen molar-refractivity contribution in [2.45, 2.75) is 13.5 Å². The van der Waals surface area contributed by atoms with Gasteiger partial charge < -0.3 is 10.4 Å². The standard InChI is InChI=1S/C10H14BrNO/c1-8-6-9(2-3-10(8)11)7-12-4-5-13/h2-3,6,12-13H,4-5,7H2,1H3. The van der Waals surface area contributed by atoms with E-state index in [4.69, 9.17) is 5.11 Å². The minimum absolute atomic E-state index is 0.190. The summed E-state index contributed by atoms with van der Waals surface area (Å²) < 4.78 is 1.14. The van der Waals surface area contributed by atoms with E-state index in [9.17, 15) is 0 Å². The second kappa shape index (κ2) is 5.37. The summed E-state index contributed by atoms with van der Waals surface area (Å²) in [5.74, 6) is 0. The minimum atomic E-state index is 0.190. The first-order valence-electron chi connectivity index (χ1n) is 4.30. The van der Waals surface area contributed by atoms with Gasteiger partial charge in [-0.2, -0.15) is 0 Å². The summed E-state index contributed by atoms with van der Waals surface area (Å²) in [7, 11) is 0. The smallest absolute Gasteiger partial charge is 0.0556 e. The van der Waals surface area contributed by atoms with Gasteiger partial charge in [0.2, 0.25) is 0 Å². The molecule has 0 fully saturated rings. The number of hydrogen-bond acceptors (Lipinski definition) is 2. The number of aliphatic hydroxyl groups excluding tert-OH is 1. The fourth-order valence-electron chi connectivity index (χ4n) is 1.13. The van der Waals surface area contributed by atoms with Gasteiger partial charge in [-0.15, -0.1) is 0 Å². The topological polar surface area (TPSA) is 32.3 Å². The van der Waals surface area contributed by atoms with Gasteiger partial charge in [0.1, 0.15) is 0 Å². The number of nitrogens with one attached hydrogen (secondary N) is 1. The summed E-state index contributed by atoms with van der Waals surface area (Å²) in [4.78, 5) is 0. The molecule has 1 aromatic rings. The van der Waals surface area contributed by atoms with Crippen molar-refractivity contribution in [1.82, 2.24) is 5.32 Å². The van der Waals surface area contributed by atoms with Gasteiger partial charge in [0.05, 0.1) is 6.61 Å². The molecule has 2 N–H and O–H groups in total. The van der Waals surface area contributed by atoms with E-state index in [-0.39, 0.29) is 6.61 Å². The van der Waals surface area contributed by atoms with Crippen LogP contribution in [0.25, 0.3) is 0 Å². The molecular formula is C10H14BrNO. The molecule has 0 saturated carbocycles. The summed E-state index contributed by atoms with van der Waals surface area (Å²) in [5, 5.41) is 11.7. The predicted molar refractivity (Wildman–Crippen MR) is 57.7 cm³/mol. The first-order chi connectivity index (χ1) is 6.24. The van der Waals surface area contributed by atoms with Crippen LogP contribution < -0.4 is 5.32 Å². The maximum atomic E-state index is 8.57. The highest BCUT2D eigenvalue weighted by Gasteiger charge is 1.96. The predicted octanol–water partition coefficient (Wildman–Crippen LogP) is 1.84. The molecule has 72 valence electrons. The van der Waals surface area contributed by atoms with Crippen LogP contribution in [0.5, 0.6) is 0 Å². The van der Waals surface area contributed by atoms with Crippen LogP contribution in [0.15, 0.2) is 22.7 Å². The third-order valence-electron chi connectivity index (χ3n) is 1.84. The maximum absolute atomic E-state index is 8.57. The average Bonchev–Trinajstić information content (AvgIpc) is 2.12. The highest BCUT2D eigenvalue weighted by Crippen LogP contribution is 2.16. The second-order valence-electron chi connectivity index (χ2n) is 2.98. The third-order valence-corrected chi connectivity index (χ3v) is 2.73. The second-order valence-corrected chi connectivity index (χ2v) is 3.84. The Bertz CT molecular complexity index is 276. The largest absolute Gasteiger partial charge is 0.395 e. The molecule has 0 aromatic heterocycles. The number of hydrogen-bond donors (Lipinski definition) is 2. The van der Waals surface area contributed by atoms with Gasteiger partial charge in [0, 0.05) is 17.6 Å². The molecule has 1 rings (SSSR count). The molecule has 2 nitrogen and oxygen atoms in total. The minimum Gasteiger partial charge on any atom is -0.395 e. The first kappa shape index (κ1) is 10.7. The molecule has 0 aliphatic heterocycles. The fourth-order valence-corrected chi connectivity index (χ4v) is 1.38. The zero-order chi connectivity index (χ0) is 9.68. The molecule has 0 atom stereocenters. The molecule has 0 unspecified atom stereocenters. The molecule has 0 aliphatic rings. The highest BCUT2D eigenvalue weighted by atomic mass is 79.9. The molecular weight excluding hydrogens is 230 g/mol. The van der Waals surface area contributed by atoms with Crippen molar-refractivity contribution >= 4 is 15.9 Å². The molecule has 0 bridgehead atoms. The van der Waals surface area contributed by atoms with Crippen molar-refractivity contribution in [3.63, 3.8) is 0 Å². The van der Waals surface area contributed by atoms with E-state index in [2.05, 4.69) is 40.3 Å². The Balaban J connectivity index is 2.53. The van der Waals surface area contributed by atoms with Gasteiger partial charge in [-0.1, -0.05) is 28.1 Å². The van der Waals surface area contributed by atoms with Gasteiger partial charge >= 0.3 is 0 Å². The van der Waals surface area contributed by atoms with Crippen LogP contribution in [0.2, 0.25) is 0 Å². The van der Waals surface area contributed by atoms with Gasteiger partial charge in [0.25, 0.3) is 0 Å². The molecule has 0 spiro atoms. The van der Waals surface area contributed by atoms with E-state index in [1.54, 1.807) is 0 Å². The quantitative estimate of drug-likeness (QED) is 0.792. The number of halogens is 1. The lowest BCUT2D eigenvalue weighted by Gasteiger charge is -2.05. The molecule has 1 aromatic carbocycles. The lowest BCUT2D eigenvalue weighted by Crippen LogP contribution is -2.17. The molecule has 0 aliphatic carbocycles. The highest BCUT2D eigenvalue weighted by molar-refractivity contribution is 9.10. The van der Waals surface area contributed by atoms with Crippen LogP contribution in [0.4, 0.5) is 0 Å². The SMILES string of the molecule is Cc1cc(CNCCO)ccc1Br. The van der Waals surface area contributed by atoms with Gasteiger partial charge in [-0.3, -0.25) is 0 Å². The van der Waals surface area contributed by atoms with E-state index in [1.165, 1.54) is 11.1 Å². The van der Waals surface area contributed by atoms with Crippen molar-refractivity contribution in [2.24, 2.45) is 0 Å². The van der Waals surface area contributed by atoms with E-state index < -0.39 is 0 Å². The zero-order valence-corrected chi connectivity index (χ0v) is 9.26. The van der Waals surface area contributed by atoms with Crippen LogP contribution in [-0.4, -0.2) is 18.3 Å². The summed E-state index contributed by atoms with van der Waals surface area (Å²) in [6, 6.07) is 6.25. The lowest BCUT2D eigenvalue weighted by molar-refractivity contribution is 0.292. The number of aliphatic hydroxyl groups is 1. The van der Waals surface area contributed by atoms with Crippen LogP contribution >= 0.6 is 15.9 Å². The number of aryl methyl sites for hydroxylation is 1. The van der Waals surface area contributed by atoms with Crippen LogP contribution in [0.3, 0.4) is 0 Å². The lowest BCUT2D eigenvalue weighted by atomic mass is 10.1. The Hall–Kier alpha value is -0.380. The Kier molecular flexibility index (Phi) is 4.42. The van der Waals surface area contributed by atoms with E-state index >= 15 is 0 Å². The van der Waals surface area contributed by atoms with Gasteiger partial charge in [-0.05, 0) is 24.1 Å². The van der Waals surface area contributed by atoms with Crippen LogP contribution in [0.1, 0.15) is 11.1 Å². The van der Waals surface area contributed by atoms with Gasteiger partial charge in [0.15, 0.2) is 0 Å². The van der Waals surface area contributed by atoms with Crippen LogP contribution in [0, 0.1) is 6.92 Å². The number of benzene rings is 1. The molecule has 0 amide bonds. The van der Waals surface area contributed by atoms with Crippen LogP contribution in [-0.2, 0) is 6.54 Å². The first-order valence-corrected chi connectivity index (χ1v) is 5.10. The Morgan fingerprint density at radius 1 is 1.46 bits per heavy atom. The molecule has 0 heterocycles. The van der Waals surface area contributed by atoms with E-state index in [1.807, 2.05) is 6.07 Å². The summed E-state index contributed by atoms with van der Waals surface area (Å²) in [6.07, 6.45) is 0. The Morgan fingerprint density at radius 3 is 2.85 bits per heavy atom. The van der Waals surface area contributed by atoms with Crippen molar-refractivity contribution in [2.75, 3.05) is 13.2 Å². The van der Waals surface area contributed by atoms with E-state index in [0.29, 0.717) is 6.54 Å². The zero-order valence-electron chi connectivity index (χ0n) is 7.68. The Morgan fingerprint density at radius 2 is 2.23 bits per heavy atom.